The summed E-state index contributed by atoms with van der Waals surface area (Å²) in [6, 6.07) is 7.76. The van der Waals surface area contributed by atoms with E-state index in [-0.39, 0.29) is 16.5 Å². The SMILES string of the molecule is CC1(C)NCCC1NS(=O)(=O)c1ccc(C#N)cc1. The van der Waals surface area contributed by atoms with Gasteiger partial charge in [-0.3, -0.25) is 0 Å². The maximum absolute atomic E-state index is 12.3. The molecule has 1 aromatic carbocycles. The van der Waals surface area contributed by atoms with Gasteiger partial charge in [0, 0.05) is 11.6 Å². The zero-order valence-corrected chi connectivity index (χ0v) is 11.8. The summed E-state index contributed by atoms with van der Waals surface area (Å²) in [5.41, 5.74) is 0.196. The van der Waals surface area contributed by atoms with Gasteiger partial charge in [0.2, 0.25) is 10.0 Å². The third-order valence-electron chi connectivity index (χ3n) is 3.48. The van der Waals surface area contributed by atoms with Crippen molar-refractivity contribution in [2.45, 2.75) is 36.7 Å². The van der Waals surface area contributed by atoms with Crippen molar-refractivity contribution < 1.29 is 8.42 Å². The molecule has 1 aliphatic rings. The van der Waals surface area contributed by atoms with Gasteiger partial charge in [-0.15, -0.1) is 0 Å². The van der Waals surface area contributed by atoms with Crippen LogP contribution in [0.5, 0.6) is 0 Å². The highest BCUT2D eigenvalue weighted by atomic mass is 32.2. The van der Waals surface area contributed by atoms with Gasteiger partial charge in [0.05, 0.1) is 16.5 Å². The Morgan fingerprint density at radius 1 is 1.37 bits per heavy atom. The van der Waals surface area contributed by atoms with E-state index in [1.54, 1.807) is 0 Å². The molecule has 2 rings (SSSR count). The molecule has 0 aliphatic carbocycles. The van der Waals surface area contributed by atoms with Crippen molar-refractivity contribution in [1.29, 1.82) is 5.26 Å². The Labute approximate surface area is 113 Å². The molecule has 0 amide bonds. The topological polar surface area (TPSA) is 82.0 Å². The van der Waals surface area contributed by atoms with E-state index in [9.17, 15) is 8.42 Å². The number of nitrogens with one attached hydrogen (secondary N) is 2. The summed E-state index contributed by atoms with van der Waals surface area (Å²) < 4.78 is 27.2. The minimum absolute atomic E-state index is 0.131. The molecule has 2 N–H and O–H groups in total. The lowest BCUT2D eigenvalue weighted by Crippen LogP contribution is -2.50. The van der Waals surface area contributed by atoms with Crippen LogP contribution in [-0.2, 0) is 10.0 Å². The van der Waals surface area contributed by atoms with Gasteiger partial charge in [-0.25, -0.2) is 13.1 Å². The van der Waals surface area contributed by atoms with Crippen molar-refractivity contribution in [3.8, 4) is 6.07 Å². The summed E-state index contributed by atoms with van der Waals surface area (Å²) >= 11 is 0. The first-order chi connectivity index (χ1) is 8.85. The van der Waals surface area contributed by atoms with Crippen molar-refractivity contribution in [2.24, 2.45) is 0 Å². The standard InChI is InChI=1S/C13H17N3O2S/c1-13(2)12(7-8-15-13)16-19(17,18)11-5-3-10(9-14)4-6-11/h3-6,12,15-16H,7-8H2,1-2H3. The minimum atomic E-state index is -3.54. The van der Waals surface area contributed by atoms with Gasteiger partial charge in [-0.2, -0.15) is 5.26 Å². The molecule has 6 heteroatoms. The lowest BCUT2D eigenvalue weighted by atomic mass is 9.98. The van der Waals surface area contributed by atoms with Crippen molar-refractivity contribution >= 4 is 10.0 Å². The van der Waals surface area contributed by atoms with Crippen LogP contribution in [0.1, 0.15) is 25.8 Å². The van der Waals surface area contributed by atoms with Crippen molar-refractivity contribution in [3.63, 3.8) is 0 Å². The highest BCUT2D eigenvalue weighted by Crippen LogP contribution is 2.21. The molecule has 19 heavy (non-hydrogen) atoms. The van der Waals surface area contributed by atoms with Gasteiger partial charge in [-0.1, -0.05) is 0 Å². The maximum atomic E-state index is 12.3. The summed E-state index contributed by atoms with van der Waals surface area (Å²) in [5.74, 6) is 0. The van der Waals surface area contributed by atoms with Crippen LogP contribution in [0, 0.1) is 11.3 Å². The average molecular weight is 279 g/mol. The summed E-state index contributed by atoms with van der Waals surface area (Å²) in [6.45, 7) is 4.76. The van der Waals surface area contributed by atoms with E-state index in [0.717, 1.165) is 13.0 Å². The first-order valence-corrected chi connectivity index (χ1v) is 7.61. The highest BCUT2D eigenvalue weighted by molar-refractivity contribution is 7.89. The van der Waals surface area contributed by atoms with E-state index in [4.69, 9.17) is 5.26 Å². The van der Waals surface area contributed by atoms with E-state index in [1.165, 1.54) is 24.3 Å². The second kappa shape index (κ2) is 4.93. The number of rotatable bonds is 3. The molecule has 1 aliphatic heterocycles. The fourth-order valence-corrected chi connectivity index (χ4v) is 3.61. The smallest absolute Gasteiger partial charge is 0.240 e. The molecule has 1 atom stereocenters. The van der Waals surface area contributed by atoms with Gasteiger partial charge in [0.25, 0.3) is 0 Å². The van der Waals surface area contributed by atoms with Crippen LogP contribution in [0.15, 0.2) is 29.2 Å². The Morgan fingerprint density at radius 3 is 2.47 bits per heavy atom. The highest BCUT2D eigenvalue weighted by Gasteiger charge is 2.36. The molecule has 0 radical (unpaired) electrons. The van der Waals surface area contributed by atoms with Gasteiger partial charge in [-0.05, 0) is 51.1 Å². The molecular weight excluding hydrogens is 262 g/mol. The monoisotopic (exact) mass is 279 g/mol. The zero-order valence-electron chi connectivity index (χ0n) is 11.0. The molecule has 5 nitrogen and oxygen atoms in total. The zero-order chi connectivity index (χ0) is 14.1. The second-order valence-corrected chi connectivity index (χ2v) is 6.96. The van der Waals surface area contributed by atoms with Crippen molar-refractivity contribution in [1.82, 2.24) is 10.0 Å². The largest absolute Gasteiger partial charge is 0.310 e. The number of benzene rings is 1. The molecule has 0 spiro atoms. The molecular formula is C13H17N3O2S. The van der Waals surface area contributed by atoms with Gasteiger partial charge < -0.3 is 5.32 Å². The molecule has 1 fully saturated rings. The van der Waals surface area contributed by atoms with Crippen molar-refractivity contribution in [3.05, 3.63) is 29.8 Å². The minimum Gasteiger partial charge on any atom is -0.310 e. The van der Waals surface area contributed by atoms with Crippen LogP contribution in [0.3, 0.4) is 0 Å². The van der Waals surface area contributed by atoms with Crippen LogP contribution in [0.4, 0.5) is 0 Å². The first-order valence-electron chi connectivity index (χ1n) is 6.13. The second-order valence-electron chi connectivity index (χ2n) is 5.25. The predicted molar refractivity (Wildman–Crippen MR) is 72.0 cm³/mol. The number of hydrogen-bond acceptors (Lipinski definition) is 4. The molecule has 0 bridgehead atoms. The Balaban J connectivity index is 2.21. The fourth-order valence-electron chi connectivity index (χ4n) is 2.19. The Kier molecular flexibility index (Phi) is 3.63. The summed E-state index contributed by atoms with van der Waals surface area (Å²) in [6.07, 6.45) is 0.766. The molecule has 1 unspecified atom stereocenters. The van der Waals surface area contributed by atoms with Crippen LogP contribution in [0.25, 0.3) is 0 Å². The molecule has 0 aromatic heterocycles. The maximum Gasteiger partial charge on any atom is 0.240 e. The van der Waals surface area contributed by atoms with Crippen LogP contribution in [-0.4, -0.2) is 26.5 Å². The van der Waals surface area contributed by atoms with Crippen LogP contribution < -0.4 is 10.0 Å². The summed E-state index contributed by atoms with van der Waals surface area (Å²) in [7, 11) is -3.54. The lowest BCUT2D eigenvalue weighted by molar-refractivity contribution is 0.385. The summed E-state index contributed by atoms with van der Waals surface area (Å²) in [4.78, 5) is 0.189. The van der Waals surface area contributed by atoms with Crippen molar-refractivity contribution in [2.75, 3.05) is 6.54 Å². The Morgan fingerprint density at radius 2 is 2.00 bits per heavy atom. The van der Waals surface area contributed by atoms with Gasteiger partial charge in [0.1, 0.15) is 0 Å². The lowest BCUT2D eigenvalue weighted by Gasteiger charge is -2.27. The predicted octanol–water partition coefficient (Wildman–Crippen LogP) is 0.977. The third-order valence-corrected chi connectivity index (χ3v) is 4.96. The molecule has 102 valence electrons. The molecule has 1 saturated heterocycles. The van der Waals surface area contributed by atoms with Gasteiger partial charge >= 0.3 is 0 Å². The van der Waals surface area contributed by atoms with Gasteiger partial charge in [0.15, 0.2) is 0 Å². The van der Waals surface area contributed by atoms with Crippen LogP contribution in [0.2, 0.25) is 0 Å². The summed E-state index contributed by atoms with van der Waals surface area (Å²) in [5, 5.41) is 12.0. The van der Waals surface area contributed by atoms with E-state index >= 15 is 0 Å². The number of nitriles is 1. The van der Waals surface area contributed by atoms with E-state index in [0.29, 0.717) is 5.56 Å². The number of hydrogen-bond donors (Lipinski definition) is 2. The molecule has 1 heterocycles. The van der Waals surface area contributed by atoms with E-state index < -0.39 is 10.0 Å². The average Bonchev–Trinajstić information content (AvgIpc) is 2.68. The van der Waals surface area contributed by atoms with E-state index in [1.807, 2.05) is 19.9 Å². The fraction of sp³-hybridized carbons (Fsp3) is 0.462. The Hall–Kier alpha value is -1.42. The molecule has 1 aromatic rings. The normalized spacial score (nSPS) is 22.1. The quantitative estimate of drug-likeness (QED) is 0.864. The molecule has 0 saturated carbocycles. The number of nitrogens with zero attached hydrogens (tertiary/aromatic N) is 1. The first kappa shape index (κ1) is 14.0. The van der Waals surface area contributed by atoms with E-state index in [2.05, 4.69) is 10.0 Å². The Bertz CT molecular complexity index is 600. The van der Waals surface area contributed by atoms with Crippen LogP contribution >= 0.6 is 0 Å². The number of sulfonamides is 1. The third kappa shape index (κ3) is 2.95.